The lowest BCUT2D eigenvalue weighted by atomic mass is 10.2. The molecule has 1 atom stereocenters. The van der Waals surface area contributed by atoms with Gasteiger partial charge in [-0.2, -0.15) is 0 Å². The van der Waals surface area contributed by atoms with Crippen molar-refractivity contribution in [3.05, 3.63) is 53.9 Å². The van der Waals surface area contributed by atoms with Gasteiger partial charge in [0.1, 0.15) is 18.1 Å². The van der Waals surface area contributed by atoms with Crippen LogP contribution in [-0.4, -0.2) is 22.7 Å². The van der Waals surface area contributed by atoms with E-state index >= 15 is 0 Å². The van der Waals surface area contributed by atoms with E-state index < -0.39 is 0 Å². The van der Waals surface area contributed by atoms with Crippen LogP contribution in [0.25, 0.3) is 0 Å². The lowest BCUT2D eigenvalue weighted by Crippen LogP contribution is -2.31. The Hall–Kier alpha value is -2.07. The molecule has 0 bridgehead atoms. The molecule has 0 aliphatic heterocycles. The Bertz CT molecular complexity index is 474. The van der Waals surface area contributed by atoms with Crippen molar-refractivity contribution in [2.24, 2.45) is 0 Å². The quantitative estimate of drug-likeness (QED) is 0.849. The highest BCUT2D eigenvalue weighted by Crippen LogP contribution is 2.11. The topological polar surface area (TPSA) is 54.4 Å². The Morgan fingerprint density at radius 2 is 1.95 bits per heavy atom. The minimum Gasteiger partial charge on any atom is -0.506 e. The van der Waals surface area contributed by atoms with E-state index in [-0.39, 0.29) is 11.8 Å². The monoisotopic (exact) mass is 272 g/mol. The summed E-state index contributed by atoms with van der Waals surface area (Å²) in [5.74, 6) is 1.07. The van der Waals surface area contributed by atoms with Crippen LogP contribution >= 0.6 is 0 Å². The van der Waals surface area contributed by atoms with E-state index in [2.05, 4.69) is 24.1 Å². The molecule has 106 valence electrons. The van der Waals surface area contributed by atoms with Crippen LogP contribution in [0.3, 0.4) is 0 Å². The van der Waals surface area contributed by atoms with E-state index in [9.17, 15) is 0 Å². The summed E-state index contributed by atoms with van der Waals surface area (Å²) < 4.78 is 5.71. The Morgan fingerprint density at radius 3 is 2.60 bits per heavy atom. The molecule has 1 aromatic carbocycles. The number of nitrogens with zero attached hydrogens (tertiary/aromatic N) is 1. The van der Waals surface area contributed by atoms with Crippen LogP contribution in [0.4, 0.5) is 0 Å². The number of rotatable bonds is 6. The highest BCUT2D eigenvalue weighted by Gasteiger charge is 2.03. The Morgan fingerprint density at radius 1 is 1.20 bits per heavy atom. The average Bonchev–Trinajstić information content (AvgIpc) is 2.46. The molecule has 0 amide bonds. The van der Waals surface area contributed by atoms with Crippen LogP contribution in [0.5, 0.6) is 11.5 Å². The fourth-order valence-electron chi connectivity index (χ4n) is 1.71. The van der Waals surface area contributed by atoms with Crippen molar-refractivity contribution in [3.63, 3.8) is 0 Å². The second-order valence-electron chi connectivity index (χ2n) is 4.91. The van der Waals surface area contributed by atoms with Gasteiger partial charge in [0.15, 0.2) is 0 Å². The third-order valence-corrected chi connectivity index (χ3v) is 2.96. The molecule has 2 N–H and O–H groups in total. The largest absolute Gasteiger partial charge is 0.506 e. The van der Waals surface area contributed by atoms with Crippen LogP contribution in [0.15, 0.2) is 42.6 Å². The normalized spacial score (nSPS) is 12.1. The van der Waals surface area contributed by atoms with Crippen molar-refractivity contribution < 1.29 is 9.84 Å². The summed E-state index contributed by atoms with van der Waals surface area (Å²) in [6.45, 7) is 5.37. The summed E-state index contributed by atoms with van der Waals surface area (Å²) >= 11 is 0. The van der Waals surface area contributed by atoms with Crippen LogP contribution in [-0.2, 0) is 6.54 Å². The van der Waals surface area contributed by atoms with E-state index in [0.717, 1.165) is 11.4 Å². The third-order valence-electron chi connectivity index (χ3n) is 2.96. The number of nitrogens with one attached hydrogen (secondary N) is 1. The summed E-state index contributed by atoms with van der Waals surface area (Å²) in [6.07, 6.45) is 1.45. The molecule has 0 saturated heterocycles. The predicted molar refractivity (Wildman–Crippen MR) is 78.9 cm³/mol. The lowest BCUT2D eigenvalue weighted by Gasteiger charge is -2.15. The van der Waals surface area contributed by atoms with Crippen LogP contribution in [0.2, 0.25) is 0 Å². The zero-order valence-electron chi connectivity index (χ0n) is 11.8. The van der Waals surface area contributed by atoms with E-state index in [1.165, 1.54) is 11.8 Å². The first-order chi connectivity index (χ1) is 9.63. The van der Waals surface area contributed by atoms with Crippen molar-refractivity contribution in [1.29, 1.82) is 0 Å². The summed E-state index contributed by atoms with van der Waals surface area (Å²) in [5, 5.41) is 12.5. The summed E-state index contributed by atoms with van der Waals surface area (Å²) in [5.41, 5.74) is 2.12. The molecule has 1 aromatic heterocycles. The van der Waals surface area contributed by atoms with Gasteiger partial charge in [0, 0.05) is 12.6 Å². The van der Waals surface area contributed by atoms with Gasteiger partial charge < -0.3 is 15.2 Å². The highest BCUT2D eigenvalue weighted by molar-refractivity contribution is 5.26. The fourth-order valence-corrected chi connectivity index (χ4v) is 1.71. The molecule has 0 spiro atoms. The van der Waals surface area contributed by atoms with Crippen molar-refractivity contribution in [2.75, 3.05) is 6.61 Å². The number of pyridine rings is 1. The fraction of sp³-hybridized carbons (Fsp3) is 0.312. The molecule has 0 fully saturated rings. The van der Waals surface area contributed by atoms with Gasteiger partial charge in [0.05, 0.1) is 11.9 Å². The van der Waals surface area contributed by atoms with Gasteiger partial charge in [-0.1, -0.05) is 17.7 Å². The first kappa shape index (κ1) is 14.3. The number of ether oxygens (including phenoxy) is 1. The van der Waals surface area contributed by atoms with Crippen molar-refractivity contribution in [1.82, 2.24) is 10.3 Å². The second kappa shape index (κ2) is 6.91. The molecule has 0 saturated carbocycles. The molecule has 1 heterocycles. The zero-order valence-corrected chi connectivity index (χ0v) is 11.8. The Labute approximate surface area is 119 Å². The standard InChI is InChI=1S/C16H20N2O2/c1-12-3-7-16(8-4-12)20-11-13(2)17-9-14-5-6-15(19)10-18-14/h3-8,10,13,17,19H,9,11H2,1-2H3. The Kier molecular flexibility index (Phi) is 4.96. The number of hydrogen-bond donors (Lipinski definition) is 2. The molecule has 20 heavy (non-hydrogen) atoms. The zero-order chi connectivity index (χ0) is 14.4. The third kappa shape index (κ3) is 4.55. The van der Waals surface area contributed by atoms with Crippen molar-refractivity contribution >= 4 is 0 Å². The van der Waals surface area contributed by atoms with Gasteiger partial charge in [-0.15, -0.1) is 0 Å². The average molecular weight is 272 g/mol. The summed E-state index contributed by atoms with van der Waals surface area (Å²) in [6, 6.07) is 11.7. The van der Waals surface area contributed by atoms with Gasteiger partial charge >= 0.3 is 0 Å². The van der Waals surface area contributed by atoms with Gasteiger partial charge in [-0.05, 0) is 38.1 Å². The van der Waals surface area contributed by atoms with E-state index in [1.807, 2.05) is 24.3 Å². The molecule has 4 heteroatoms. The number of aryl methyl sites for hydroxylation is 1. The summed E-state index contributed by atoms with van der Waals surface area (Å²) in [4.78, 5) is 4.12. The number of hydrogen-bond acceptors (Lipinski definition) is 4. The van der Waals surface area contributed by atoms with Gasteiger partial charge in [0.2, 0.25) is 0 Å². The first-order valence-electron chi connectivity index (χ1n) is 6.70. The van der Waals surface area contributed by atoms with Gasteiger partial charge in [-0.25, -0.2) is 0 Å². The van der Waals surface area contributed by atoms with Crippen molar-refractivity contribution in [2.45, 2.75) is 26.4 Å². The minimum absolute atomic E-state index is 0.185. The Balaban J connectivity index is 1.73. The SMILES string of the molecule is Cc1ccc(OCC(C)NCc2ccc(O)cn2)cc1. The second-order valence-corrected chi connectivity index (χ2v) is 4.91. The van der Waals surface area contributed by atoms with E-state index in [4.69, 9.17) is 9.84 Å². The van der Waals surface area contributed by atoms with Crippen LogP contribution in [0, 0.1) is 6.92 Å². The van der Waals surface area contributed by atoms with Crippen molar-refractivity contribution in [3.8, 4) is 11.5 Å². The molecule has 0 aliphatic carbocycles. The first-order valence-corrected chi connectivity index (χ1v) is 6.70. The van der Waals surface area contributed by atoms with Crippen LogP contribution < -0.4 is 10.1 Å². The summed E-state index contributed by atoms with van der Waals surface area (Å²) in [7, 11) is 0. The van der Waals surface area contributed by atoms with Gasteiger partial charge in [0.25, 0.3) is 0 Å². The molecule has 2 rings (SSSR count). The van der Waals surface area contributed by atoms with Gasteiger partial charge in [-0.3, -0.25) is 4.98 Å². The molecule has 2 aromatic rings. The maximum atomic E-state index is 9.16. The molecule has 1 unspecified atom stereocenters. The molecule has 0 radical (unpaired) electrons. The molecular formula is C16H20N2O2. The predicted octanol–water partition coefficient (Wildman–Crippen LogP) is 2.65. The lowest BCUT2D eigenvalue weighted by molar-refractivity contribution is 0.272. The highest BCUT2D eigenvalue weighted by atomic mass is 16.5. The molecule has 0 aliphatic rings. The molecular weight excluding hydrogens is 252 g/mol. The maximum absolute atomic E-state index is 9.16. The smallest absolute Gasteiger partial charge is 0.133 e. The van der Waals surface area contributed by atoms with E-state index in [1.54, 1.807) is 12.1 Å². The minimum atomic E-state index is 0.185. The molecule has 4 nitrogen and oxygen atoms in total. The maximum Gasteiger partial charge on any atom is 0.133 e. The van der Waals surface area contributed by atoms with E-state index in [0.29, 0.717) is 13.2 Å². The number of aromatic nitrogens is 1. The van der Waals surface area contributed by atoms with Crippen LogP contribution in [0.1, 0.15) is 18.2 Å². The number of benzene rings is 1. The number of aromatic hydroxyl groups is 1.